The molecule has 2 heterocycles. The molecular formula is C12H18IN3OSi. The summed E-state index contributed by atoms with van der Waals surface area (Å²) < 4.78 is 8.53. The molecule has 0 aromatic carbocycles. The van der Waals surface area contributed by atoms with Gasteiger partial charge in [0.15, 0.2) is 3.83 Å². The summed E-state index contributed by atoms with van der Waals surface area (Å²) in [5.74, 6) is 0. The summed E-state index contributed by atoms with van der Waals surface area (Å²) in [6.45, 7) is 8.48. The largest absolute Gasteiger partial charge is 0.361 e. The second kappa shape index (κ2) is 5.66. The van der Waals surface area contributed by atoms with Crippen molar-refractivity contribution in [3.05, 3.63) is 22.3 Å². The first-order valence-corrected chi connectivity index (χ1v) is 10.8. The van der Waals surface area contributed by atoms with E-state index in [1.54, 1.807) is 0 Å². The van der Waals surface area contributed by atoms with Crippen LogP contribution in [-0.2, 0) is 11.5 Å². The third-order valence-corrected chi connectivity index (χ3v) is 4.92. The molecule has 0 N–H and O–H groups in total. The summed E-state index contributed by atoms with van der Waals surface area (Å²) in [5.41, 5.74) is 0.947. The Morgan fingerprint density at radius 1 is 1.39 bits per heavy atom. The van der Waals surface area contributed by atoms with Crippen LogP contribution >= 0.6 is 22.6 Å². The molecule has 18 heavy (non-hydrogen) atoms. The molecule has 98 valence electrons. The van der Waals surface area contributed by atoms with Crippen LogP contribution in [0.25, 0.3) is 11.0 Å². The molecule has 0 aliphatic heterocycles. The summed E-state index contributed by atoms with van der Waals surface area (Å²) in [6, 6.07) is 3.21. The Morgan fingerprint density at radius 3 is 2.89 bits per heavy atom. The summed E-state index contributed by atoms with van der Waals surface area (Å²) in [5, 5.41) is 1.06. The molecule has 2 aromatic heterocycles. The number of nitrogens with zero attached hydrogens (tertiary/aromatic N) is 3. The van der Waals surface area contributed by atoms with Crippen LogP contribution in [0.5, 0.6) is 0 Å². The molecule has 4 nitrogen and oxygen atoms in total. The van der Waals surface area contributed by atoms with E-state index in [4.69, 9.17) is 4.74 Å². The van der Waals surface area contributed by atoms with E-state index < -0.39 is 8.07 Å². The van der Waals surface area contributed by atoms with Gasteiger partial charge in [-0.3, -0.25) is 0 Å². The van der Waals surface area contributed by atoms with Crippen molar-refractivity contribution < 1.29 is 4.74 Å². The van der Waals surface area contributed by atoms with E-state index in [-0.39, 0.29) is 0 Å². The van der Waals surface area contributed by atoms with E-state index in [1.807, 2.05) is 23.0 Å². The second-order valence-electron chi connectivity index (χ2n) is 5.55. The Kier molecular flexibility index (Phi) is 4.39. The SMILES string of the molecule is C[Si](C)(C)CCOCn1ccc2cnc(I)nc21. The molecule has 0 amide bonds. The Labute approximate surface area is 122 Å². The maximum Gasteiger partial charge on any atom is 0.192 e. The highest BCUT2D eigenvalue weighted by Crippen LogP contribution is 2.14. The van der Waals surface area contributed by atoms with Crippen molar-refractivity contribution >= 4 is 41.7 Å². The van der Waals surface area contributed by atoms with Gasteiger partial charge in [0.1, 0.15) is 12.4 Å². The first-order chi connectivity index (χ1) is 8.46. The molecule has 2 aromatic rings. The van der Waals surface area contributed by atoms with Crippen LogP contribution in [0.4, 0.5) is 0 Å². The van der Waals surface area contributed by atoms with E-state index in [2.05, 4.69) is 52.2 Å². The maximum absolute atomic E-state index is 5.74. The maximum atomic E-state index is 5.74. The first kappa shape index (κ1) is 13.9. The molecule has 0 spiro atoms. The lowest BCUT2D eigenvalue weighted by Crippen LogP contribution is -2.22. The molecule has 0 radical (unpaired) electrons. The normalized spacial score (nSPS) is 12.2. The second-order valence-corrected chi connectivity index (χ2v) is 12.1. The number of fused-ring (bicyclic) bond motifs is 1. The van der Waals surface area contributed by atoms with Gasteiger partial charge in [-0.15, -0.1) is 0 Å². The van der Waals surface area contributed by atoms with Crippen molar-refractivity contribution in [2.24, 2.45) is 0 Å². The van der Waals surface area contributed by atoms with Crippen LogP contribution in [0, 0.1) is 3.83 Å². The summed E-state index contributed by atoms with van der Waals surface area (Å²) in [6.07, 6.45) is 3.85. The van der Waals surface area contributed by atoms with Crippen LogP contribution < -0.4 is 0 Å². The van der Waals surface area contributed by atoms with Crippen LogP contribution in [0.1, 0.15) is 0 Å². The van der Waals surface area contributed by atoms with Crippen molar-refractivity contribution in [3.63, 3.8) is 0 Å². The fourth-order valence-electron chi connectivity index (χ4n) is 1.60. The Bertz CT molecular complexity index is 536. The first-order valence-electron chi connectivity index (χ1n) is 6.01. The highest BCUT2D eigenvalue weighted by atomic mass is 127. The molecule has 0 saturated carbocycles. The van der Waals surface area contributed by atoms with Crippen molar-refractivity contribution in [2.75, 3.05) is 6.61 Å². The Morgan fingerprint density at radius 2 is 2.17 bits per heavy atom. The Hall–Kier alpha value is -0.473. The van der Waals surface area contributed by atoms with E-state index in [9.17, 15) is 0 Å². The van der Waals surface area contributed by atoms with Gasteiger partial charge in [-0.05, 0) is 12.1 Å². The lowest BCUT2D eigenvalue weighted by atomic mass is 10.4. The van der Waals surface area contributed by atoms with Gasteiger partial charge in [-0.1, -0.05) is 19.6 Å². The highest BCUT2D eigenvalue weighted by molar-refractivity contribution is 14.1. The summed E-state index contributed by atoms with van der Waals surface area (Å²) in [7, 11) is -1.00. The average Bonchev–Trinajstić information content (AvgIpc) is 2.66. The van der Waals surface area contributed by atoms with Gasteiger partial charge in [0.05, 0.1) is 0 Å². The topological polar surface area (TPSA) is 39.9 Å². The summed E-state index contributed by atoms with van der Waals surface area (Å²) >= 11 is 2.13. The van der Waals surface area contributed by atoms with Gasteiger partial charge in [0, 0.05) is 55.1 Å². The number of rotatable bonds is 5. The van der Waals surface area contributed by atoms with E-state index in [1.165, 1.54) is 6.04 Å². The molecule has 0 atom stereocenters. The standard InChI is InChI=1S/C12H18IN3OSi/c1-18(2,3)7-6-17-9-16-5-4-10-8-14-12(13)15-11(10)16/h4-5,8H,6-7,9H2,1-3H3. The van der Waals surface area contributed by atoms with Crippen LogP contribution in [0.2, 0.25) is 25.7 Å². The monoisotopic (exact) mass is 375 g/mol. The van der Waals surface area contributed by atoms with Gasteiger partial charge < -0.3 is 9.30 Å². The number of ether oxygens (including phenoxy) is 1. The molecule has 2 rings (SSSR count). The molecule has 0 aliphatic carbocycles. The molecular weight excluding hydrogens is 357 g/mol. The van der Waals surface area contributed by atoms with Crippen molar-refractivity contribution in [1.29, 1.82) is 0 Å². The van der Waals surface area contributed by atoms with Gasteiger partial charge >= 0.3 is 0 Å². The molecule has 0 bridgehead atoms. The zero-order valence-corrected chi connectivity index (χ0v) is 14.1. The van der Waals surface area contributed by atoms with Crippen molar-refractivity contribution in [2.45, 2.75) is 32.4 Å². The lowest BCUT2D eigenvalue weighted by Gasteiger charge is -2.15. The number of aromatic nitrogens is 3. The molecule has 0 saturated heterocycles. The quantitative estimate of drug-likeness (QED) is 0.348. The van der Waals surface area contributed by atoms with E-state index in [0.29, 0.717) is 6.73 Å². The predicted octanol–water partition coefficient (Wildman–Crippen LogP) is 3.35. The molecule has 0 fully saturated rings. The number of hydrogen-bond donors (Lipinski definition) is 0. The van der Waals surface area contributed by atoms with E-state index in [0.717, 1.165) is 21.5 Å². The van der Waals surface area contributed by atoms with Crippen LogP contribution in [-0.4, -0.2) is 29.2 Å². The summed E-state index contributed by atoms with van der Waals surface area (Å²) in [4.78, 5) is 8.61. The fraction of sp³-hybridized carbons (Fsp3) is 0.500. The van der Waals surface area contributed by atoms with Gasteiger partial charge in [0.2, 0.25) is 0 Å². The smallest absolute Gasteiger partial charge is 0.192 e. The number of halogens is 1. The van der Waals surface area contributed by atoms with Gasteiger partial charge in [-0.2, -0.15) is 0 Å². The molecule has 0 aliphatic rings. The van der Waals surface area contributed by atoms with Crippen LogP contribution in [0.15, 0.2) is 18.5 Å². The third kappa shape index (κ3) is 3.76. The van der Waals surface area contributed by atoms with Gasteiger partial charge in [-0.25, -0.2) is 9.97 Å². The zero-order chi connectivity index (χ0) is 13.2. The minimum atomic E-state index is -1.00. The molecule has 6 heteroatoms. The van der Waals surface area contributed by atoms with Crippen molar-refractivity contribution in [3.8, 4) is 0 Å². The minimum absolute atomic E-state index is 0.571. The third-order valence-electron chi connectivity index (χ3n) is 2.70. The van der Waals surface area contributed by atoms with E-state index >= 15 is 0 Å². The minimum Gasteiger partial charge on any atom is -0.361 e. The highest BCUT2D eigenvalue weighted by Gasteiger charge is 2.12. The average molecular weight is 375 g/mol. The van der Waals surface area contributed by atoms with Crippen molar-refractivity contribution in [1.82, 2.24) is 14.5 Å². The molecule has 0 unspecified atom stereocenters. The number of hydrogen-bond acceptors (Lipinski definition) is 3. The Balaban J connectivity index is 1.98. The van der Waals surface area contributed by atoms with Crippen LogP contribution in [0.3, 0.4) is 0 Å². The zero-order valence-electron chi connectivity index (χ0n) is 11.0. The fourth-order valence-corrected chi connectivity index (χ4v) is 2.72. The predicted molar refractivity (Wildman–Crippen MR) is 84.4 cm³/mol. The van der Waals surface area contributed by atoms with Gasteiger partial charge in [0.25, 0.3) is 0 Å². The lowest BCUT2D eigenvalue weighted by molar-refractivity contribution is 0.0898.